The van der Waals surface area contributed by atoms with Crippen LogP contribution in [0, 0.1) is 20.8 Å². The molecule has 0 aliphatic heterocycles. The van der Waals surface area contributed by atoms with E-state index in [0.717, 1.165) is 16.7 Å². The molecule has 0 aliphatic carbocycles. The topological polar surface area (TPSA) is 40.5 Å². The Morgan fingerprint density at radius 3 is 2.00 bits per heavy atom. The first-order valence-electron chi connectivity index (χ1n) is 5.02. The van der Waals surface area contributed by atoms with E-state index in [0.29, 0.717) is 0 Å². The molecule has 84 valence electrons. The summed E-state index contributed by atoms with van der Waals surface area (Å²) in [7, 11) is 0. The average molecular weight is 226 g/mol. The van der Waals surface area contributed by atoms with Crippen LogP contribution >= 0.6 is 12.6 Å². The lowest BCUT2D eigenvalue weighted by molar-refractivity contribution is 0.0329. The van der Waals surface area contributed by atoms with Gasteiger partial charge < -0.3 is 10.2 Å². The second kappa shape index (κ2) is 5.01. The molecule has 0 radical (unpaired) electrons. The van der Waals surface area contributed by atoms with Crippen LogP contribution in [0.4, 0.5) is 0 Å². The SMILES string of the molecule is Cc1cc(C)c(C(O)C(O)CS)c(C)c1. The molecule has 0 bridgehead atoms. The molecule has 2 N–H and O–H groups in total. The summed E-state index contributed by atoms with van der Waals surface area (Å²) in [5, 5.41) is 19.5. The van der Waals surface area contributed by atoms with Crippen LogP contribution in [0.2, 0.25) is 0 Å². The Labute approximate surface area is 96.4 Å². The van der Waals surface area contributed by atoms with Gasteiger partial charge in [-0.2, -0.15) is 12.6 Å². The van der Waals surface area contributed by atoms with Gasteiger partial charge in [-0.25, -0.2) is 0 Å². The second-order valence-corrected chi connectivity index (χ2v) is 4.37. The van der Waals surface area contributed by atoms with Gasteiger partial charge in [0.2, 0.25) is 0 Å². The van der Waals surface area contributed by atoms with E-state index < -0.39 is 12.2 Å². The molecule has 0 fully saturated rings. The van der Waals surface area contributed by atoms with Crippen LogP contribution in [0.25, 0.3) is 0 Å². The van der Waals surface area contributed by atoms with E-state index in [1.54, 1.807) is 0 Å². The van der Waals surface area contributed by atoms with Crippen LogP contribution < -0.4 is 0 Å². The minimum absolute atomic E-state index is 0.258. The lowest BCUT2D eigenvalue weighted by Crippen LogP contribution is -2.21. The monoisotopic (exact) mass is 226 g/mol. The molecule has 0 amide bonds. The molecule has 1 rings (SSSR count). The molecular weight excluding hydrogens is 208 g/mol. The first-order valence-corrected chi connectivity index (χ1v) is 5.65. The van der Waals surface area contributed by atoms with Crippen molar-refractivity contribution in [3.05, 3.63) is 34.4 Å². The molecule has 0 aromatic heterocycles. The smallest absolute Gasteiger partial charge is 0.106 e. The van der Waals surface area contributed by atoms with Gasteiger partial charge in [0.05, 0.1) is 6.10 Å². The van der Waals surface area contributed by atoms with E-state index in [4.69, 9.17) is 0 Å². The summed E-state index contributed by atoms with van der Waals surface area (Å²) in [6, 6.07) is 4.02. The van der Waals surface area contributed by atoms with Gasteiger partial charge in [-0.05, 0) is 37.5 Å². The van der Waals surface area contributed by atoms with Crippen LogP contribution in [0.3, 0.4) is 0 Å². The van der Waals surface area contributed by atoms with Crippen molar-refractivity contribution < 1.29 is 10.2 Å². The van der Waals surface area contributed by atoms with Gasteiger partial charge >= 0.3 is 0 Å². The Morgan fingerprint density at radius 1 is 1.13 bits per heavy atom. The quantitative estimate of drug-likeness (QED) is 0.689. The Hall–Kier alpha value is -0.510. The minimum Gasteiger partial charge on any atom is -0.389 e. The Balaban J connectivity index is 3.13. The molecule has 0 aliphatic rings. The van der Waals surface area contributed by atoms with Gasteiger partial charge in [-0.3, -0.25) is 0 Å². The highest BCUT2D eigenvalue weighted by atomic mass is 32.1. The third-order valence-corrected chi connectivity index (χ3v) is 2.96. The predicted octanol–water partition coefficient (Wildman–Crippen LogP) is 1.94. The van der Waals surface area contributed by atoms with Crippen molar-refractivity contribution in [2.24, 2.45) is 0 Å². The van der Waals surface area contributed by atoms with Crippen LogP contribution in [0.5, 0.6) is 0 Å². The number of aliphatic hydroxyl groups is 2. The van der Waals surface area contributed by atoms with E-state index in [2.05, 4.69) is 12.6 Å². The van der Waals surface area contributed by atoms with E-state index in [9.17, 15) is 10.2 Å². The van der Waals surface area contributed by atoms with Gasteiger partial charge in [0, 0.05) is 5.75 Å². The second-order valence-electron chi connectivity index (χ2n) is 4.01. The van der Waals surface area contributed by atoms with E-state index >= 15 is 0 Å². The number of aryl methyl sites for hydroxylation is 3. The maximum atomic E-state index is 9.94. The summed E-state index contributed by atoms with van der Waals surface area (Å²) in [4.78, 5) is 0. The predicted molar refractivity (Wildman–Crippen MR) is 65.5 cm³/mol. The summed E-state index contributed by atoms with van der Waals surface area (Å²) in [6.07, 6.45) is -1.66. The third-order valence-electron chi connectivity index (χ3n) is 2.59. The van der Waals surface area contributed by atoms with Gasteiger partial charge in [0.15, 0.2) is 0 Å². The molecule has 2 atom stereocenters. The lowest BCUT2D eigenvalue weighted by atomic mass is 9.93. The van der Waals surface area contributed by atoms with Crippen LogP contribution in [-0.4, -0.2) is 22.1 Å². The van der Waals surface area contributed by atoms with Crippen molar-refractivity contribution in [1.82, 2.24) is 0 Å². The van der Waals surface area contributed by atoms with Gasteiger partial charge in [-0.1, -0.05) is 17.7 Å². The molecule has 0 heterocycles. The zero-order valence-electron chi connectivity index (χ0n) is 9.36. The van der Waals surface area contributed by atoms with Crippen LogP contribution in [-0.2, 0) is 0 Å². The van der Waals surface area contributed by atoms with Crippen molar-refractivity contribution in [1.29, 1.82) is 0 Å². The Kier molecular flexibility index (Phi) is 4.20. The van der Waals surface area contributed by atoms with Crippen molar-refractivity contribution in [2.75, 3.05) is 5.75 Å². The summed E-state index contributed by atoms with van der Waals surface area (Å²) >= 11 is 3.98. The third kappa shape index (κ3) is 2.74. The van der Waals surface area contributed by atoms with Gasteiger partial charge in [-0.15, -0.1) is 0 Å². The molecule has 3 heteroatoms. The number of hydrogen-bond donors (Lipinski definition) is 3. The number of hydrogen-bond acceptors (Lipinski definition) is 3. The number of benzene rings is 1. The van der Waals surface area contributed by atoms with E-state index in [1.807, 2.05) is 32.9 Å². The zero-order chi connectivity index (χ0) is 11.6. The Morgan fingerprint density at radius 2 is 1.60 bits per heavy atom. The van der Waals surface area contributed by atoms with Crippen molar-refractivity contribution >= 4 is 12.6 Å². The molecule has 1 aromatic rings. The molecule has 2 unspecified atom stereocenters. The average Bonchev–Trinajstić information content (AvgIpc) is 2.14. The normalized spacial score (nSPS) is 15.1. The highest BCUT2D eigenvalue weighted by Crippen LogP contribution is 2.26. The molecule has 15 heavy (non-hydrogen) atoms. The van der Waals surface area contributed by atoms with Crippen molar-refractivity contribution in [2.45, 2.75) is 33.0 Å². The zero-order valence-corrected chi connectivity index (χ0v) is 10.3. The molecule has 0 saturated heterocycles. The van der Waals surface area contributed by atoms with Gasteiger partial charge in [0.1, 0.15) is 6.10 Å². The summed E-state index contributed by atoms with van der Waals surface area (Å²) in [5.41, 5.74) is 4.02. The maximum Gasteiger partial charge on any atom is 0.106 e. The first kappa shape index (κ1) is 12.6. The highest BCUT2D eigenvalue weighted by molar-refractivity contribution is 7.80. The number of thiol groups is 1. The first-order chi connectivity index (χ1) is 6.97. The molecule has 0 spiro atoms. The largest absolute Gasteiger partial charge is 0.389 e. The van der Waals surface area contributed by atoms with E-state index in [-0.39, 0.29) is 5.75 Å². The summed E-state index contributed by atoms with van der Waals surface area (Å²) in [6.45, 7) is 5.92. The molecule has 1 aromatic carbocycles. The number of rotatable bonds is 3. The lowest BCUT2D eigenvalue weighted by Gasteiger charge is -2.21. The minimum atomic E-state index is -0.844. The molecule has 0 saturated carbocycles. The van der Waals surface area contributed by atoms with Gasteiger partial charge in [0.25, 0.3) is 0 Å². The summed E-state index contributed by atoms with van der Waals surface area (Å²) in [5.74, 6) is 0.258. The molecule has 2 nitrogen and oxygen atoms in total. The fourth-order valence-corrected chi connectivity index (χ4v) is 2.15. The van der Waals surface area contributed by atoms with Crippen molar-refractivity contribution in [3.63, 3.8) is 0 Å². The summed E-state index contributed by atoms with van der Waals surface area (Å²) < 4.78 is 0. The van der Waals surface area contributed by atoms with E-state index in [1.165, 1.54) is 5.56 Å². The fraction of sp³-hybridized carbons (Fsp3) is 0.500. The maximum absolute atomic E-state index is 9.94. The Bertz CT molecular complexity index is 326. The van der Waals surface area contributed by atoms with Crippen molar-refractivity contribution in [3.8, 4) is 0 Å². The number of aliphatic hydroxyl groups excluding tert-OH is 2. The molecular formula is C12H18O2S. The highest BCUT2D eigenvalue weighted by Gasteiger charge is 2.20. The van der Waals surface area contributed by atoms with Crippen LogP contribution in [0.1, 0.15) is 28.4 Å². The fourth-order valence-electron chi connectivity index (χ4n) is 1.95. The van der Waals surface area contributed by atoms with Crippen LogP contribution in [0.15, 0.2) is 12.1 Å². The standard InChI is InChI=1S/C12H18O2S/c1-7-4-8(2)11(9(3)5-7)12(14)10(13)6-15/h4-5,10,12-15H,6H2,1-3H3.